The van der Waals surface area contributed by atoms with Crippen LogP contribution < -0.4 is 18.9 Å². The van der Waals surface area contributed by atoms with Crippen LogP contribution in [0.25, 0.3) is 0 Å². The van der Waals surface area contributed by atoms with Gasteiger partial charge in [-0.25, -0.2) is 4.79 Å². The molecule has 9 heteroatoms. The van der Waals surface area contributed by atoms with E-state index in [-0.39, 0.29) is 29.3 Å². The van der Waals surface area contributed by atoms with Crippen molar-refractivity contribution < 1.29 is 27.8 Å². The maximum atomic E-state index is 11.6. The third-order valence-corrected chi connectivity index (χ3v) is 3.49. The van der Waals surface area contributed by atoms with Crippen molar-refractivity contribution in [2.24, 2.45) is 0 Å². The van der Waals surface area contributed by atoms with Crippen LogP contribution in [0.2, 0.25) is 0 Å². The minimum atomic E-state index is -3.84. The topological polar surface area (TPSA) is 114 Å². The third-order valence-electron chi connectivity index (χ3n) is 2.33. The van der Waals surface area contributed by atoms with Gasteiger partial charge in [-0.2, -0.15) is 13.1 Å². The molecule has 8 nitrogen and oxygen atoms in total. The minimum Gasteiger partial charge on any atom is -0.493 e. The van der Waals surface area contributed by atoms with Gasteiger partial charge in [-0.1, -0.05) is 6.92 Å². The monoisotopic (exact) mass is 304 g/mol. The van der Waals surface area contributed by atoms with Gasteiger partial charge in [0.25, 0.3) is 10.2 Å². The largest absolute Gasteiger partial charge is 0.493 e. The highest BCUT2D eigenvalue weighted by Gasteiger charge is 2.19. The van der Waals surface area contributed by atoms with Crippen LogP contribution in [-0.4, -0.2) is 40.3 Å². The molecular formula is C11H16N2O6S. The van der Waals surface area contributed by atoms with E-state index in [1.54, 1.807) is 6.92 Å². The first-order valence-electron chi connectivity index (χ1n) is 5.61. The molecule has 0 aliphatic heterocycles. The molecule has 3 N–H and O–H groups in total. The summed E-state index contributed by atoms with van der Waals surface area (Å²) in [6.45, 7) is 1.77. The third kappa shape index (κ3) is 3.75. The van der Waals surface area contributed by atoms with Crippen molar-refractivity contribution in [1.82, 2.24) is 4.72 Å². The van der Waals surface area contributed by atoms with Crippen LogP contribution in [0.4, 0.5) is 5.69 Å². The number of carboxylic acids is 1. The number of benzene rings is 1. The molecule has 1 aromatic carbocycles. The number of rotatable bonds is 7. The molecule has 0 heterocycles. The number of hydrogen-bond donors (Lipinski definition) is 3. The fourth-order valence-corrected chi connectivity index (χ4v) is 2.42. The van der Waals surface area contributed by atoms with Gasteiger partial charge in [-0.3, -0.25) is 4.72 Å². The first-order valence-corrected chi connectivity index (χ1v) is 7.09. The summed E-state index contributed by atoms with van der Waals surface area (Å²) in [5.41, 5.74) is -0.361. The molecule has 0 saturated carbocycles. The number of aromatic carboxylic acids is 1. The van der Waals surface area contributed by atoms with Gasteiger partial charge in [0.2, 0.25) is 0 Å². The van der Waals surface area contributed by atoms with Gasteiger partial charge in [-0.05, 0) is 0 Å². The van der Waals surface area contributed by atoms with E-state index in [0.717, 1.165) is 0 Å². The molecule has 0 spiro atoms. The lowest BCUT2D eigenvalue weighted by atomic mass is 10.1. The summed E-state index contributed by atoms with van der Waals surface area (Å²) in [5.74, 6) is -0.886. The number of methoxy groups -OCH3 is 2. The Morgan fingerprint density at radius 3 is 2.25 bits per heavy atom. The van der Waals surface area contributed by atoms with E-state index < -0.39 is 16.2 Å². The van der Waals surface area contributed by atoms with Crippen LogP contribution >= 0.6 is 0 Å². The Labute approximate surface area is 116 Å². The number of carboxylic acid groups (broad SMARTS) is 1. The van der Waals surface area contributed by atoms with E-state index in [4.69, 9.17) is 14.6 Å². The number of ether oxygens (including phenoxy) is 2. The molecule has 0 radical (unpaired) electrons. The Morgan fingerprint density at radius 1 is 1.25 bits per heavy atom. The second-order valence-corrected chi connectivity index (χ2v) is 5.16. The zero-order valence-corrected chi connectivity index (χ0v) is 12.1. The SMILES string of the molecule is CCNS(=O)(=O)Nc1cc(OC)c(OC)cc1C(=O)O. The van der Waals surface area contributed by atoms with Crippen molar-refractivity contribution in [2.75, 3.05) is 25.5 Å². The molecule has 112 valence electrons. The first kappa shape index (κ1) is 16.1. The average Bonchev–Trinajstić information content (AvgIpc) is 2.37. The molecule has 0 atom stereocenters. The van der Waals surface area contributed by atoms with E-state index in [0.29, 0.717) is 0 Å². The van der Waals surface area contributed by atoms with Crippen LogP contribution in [0, 0.1) is 0 Å². The lowest BCUT2D eigenvalue weighted by Gasteiger charge is -2.14. The molecule has 20 heavy (non-hydrogen) atoms. The molecule has 0 aliphatic rings. The van der Waals surface area contributed by atoms with Crippen molar-refractivity contribution in [3.8, 4) is 11.5 Å². The summed E-state index contributed by atoms with van der Waals surface area (Å²) >= 11 is 0. The highest BCUT2D eigenvalue weighted by Crippen LogP contribution is 2.33. The van der Waals surface area contributed by atoms with Crippen LogP contribution in [0.15, 0.2) is 12.1 Å². The van der Waals surface area contributed by atoms with Crippen molar-refractivity contribution in [3.63, 3.8) is 0 Å². The Kier molecular flexibility index (Phi) is 5.17. The number of hydrogen-bond acceptors (Lipinski definition) is 5. The van der Waals surface area contributed by atoms with Crippen molar-refractivity contribution in [1.29, 1.82) is 0 Å². The second-order valence-electron chi connectivity index (χ2n) is 3.66. The summed E-state index contributed by atoms with van der Waals surface area (Å²) in [4.78, 5) is 11.2. The van der Waals surface area contributed by atoms with E-state index >= 15 is 0 Å². The number of nitrogens with one attached hydrogen (secondary N) is 2. The zero-order valence-electron chi connectivity index (χ0n) is 11.3. The number of anilines is 1. The maximum absolute atomic E-state index is 11.6. The summed E-state index contributed by atoms with van der Waals surface area (Å²) in [7, 11) is -1.13. The minimum absolute atomic E-state index is 0.115. The summed E-state index contributed by atoms with van der Waals surface area (Å²) < 4.78 is 37.6. The number of carbonyl (C=O) groups is 1. The van der Waals surface area contributed by atoms with Crippen LogP contribution in [0.3, 0.4) is 0 Å². The van der Waals surface area contributed by atoms with Crippen LogP contribution in [0.5, 0.6) is 11.5 Å². The van der Waals surface area contributed by atoms with Gasteiger partial charge >= 0.3 is 5.97 Å². The Hall–Kier alpha value is -2.00. The van der Waals surface area contributed by atoms with Crippen LogP contribution in [-0.2, 0) is 10.2 Å². The highest BCUT2D eigenvalue weighted by molar-refractivity contribution is 7.90. The van der Waals surface area contributed by atoms with E-state index in [2.05, 4.69) is 9.44 Å². The van der Waals surface area contributed by atoms with Crippen molar-refractivity contribution in [2.45, 2.75) is 6.92 Å². The molecule has 1 aromatic rings. The van der Waals surface area contributed by atoms with E-state index in [1.165, 1.54) is 26.4 Å². The lowest BCUT2D eigenvalue weighted by Crippen LogP contribution is -2.30. The fourth-order valence-electron chi connectivity index (χ4n) is 1.51. The van der Waals surface area contributed by atoms with Crippen molar-refractivity contribution in [3.05, 3.63) is 17.7 Å². The molecule has 0 aliphatic carbocycles. The van der Waals surface area contributed by atoms with Gasteiger partial charge in [-0.15, -0.1) is 0 Å². The average molecular weight is 304 g/mol. The molecule has 0 saturated heterocycles. The molecular weight excluding hydrogens is 288 g/mol. The van der Waals surface area contributed by atoms with Crippen LogP contribution in [0.1, 0.15) is 17.3 Å². The summed E-state index contributed by atoms with van der Waals surface area (Å²) in [6, 6.07) is 2.43. The van der Waals surface area contributed by atoms with E-state index in [9.17, 15) is 13.2 Å². The smallest absolute Gasteiger partial charge is 0.337 e. The summed E-state index contributed by atoms with van der Waals surface area (Å²) in [5, 5.41) is 9.12. The first-order chi connectivity index (χ1) is 9.34. The molecule has 0 fully saturated rings. The molecule has 0 aromatic heterocycles. The predicted octanol–water partition coefficient (Wildman–Crippen LogP) is 0.668. The summed E-state index contributed by atoms with van der Waals surface area (Å²) in [6.07, 6.45) is 0. The van der Waals surface area contributed by atoms with Gasteiger partial charge in [0.15, 0.2) is 11.5 Å². The van der Waals surface area contributed by atoms with Gasteiger partial charge in [0.1, 0.15) is 0 Å². The van der Waals surface area contributed by atoms with Gasteiger partial charge in [0, 0.05) is 18.7 Å². The van der Waals surface area contributed by atoms with E-state index in [1.807, 2.05) is 0 Å². The molecule has 0 unspecified atom stereocenters. The quantitative estimate of drug-likeness (QED) is 0.682. The molecule has 0 bridgehead atoms. The Balaban J connectivity index is 3.33. The predicted molar refractivity (Wildman–Crippen MR) is 72.7 cm³/mol. The Morgan fingerprint density at radius 2 is 1.80 bits per heavy atom. The molecule has 1 rings (SSSR count). The zero-order chi connectivity index (χ0) is 15.3. The van der Waals surface area contributed by atoms with Gasteiger partial charge in [0.05, 0.1) is 25.5 Å². The standard InChI is InChI=1S/C11H16N2O6S/c1-4-12-20(16,17)13-8-6-10(19-3)9(18-2)5-7(8)11(14)15/h5-6,12-13H,4H2,1-3H3,(H,14,15). The lowest BCUT2D eigenvalue weighted by molar-refractivity contribution is 0.0697. The Bertz CT molecular complexity index is 599. The molecule has 0 amide bonds. The normalized spacial score (nSPS) is 10.9. The fraction of sp³-hybridized carbons (Fsp3) is 0.364. The van der Waals surface area contributed by atoms with Gasteiger partial charge < -0.3 is 14.6 Å². The highest BCUT2D eigenvalue weighted by atomic mass is 32.2. The second kappa shape index (κ2) is 6.44. The van der Waals surface area contributed by atoms with Crippen molar-refractivity contribution >= 4 is 21.9 Å². The maximum Gasteiger partial charge on any atom is 0.337 e.